The summed E-state index contributed by atoms with van der Waals surface area (Å²) >= 11 is 0. The molecule has 0 bridgehead atoms. The zero-order chi connectivity index (χ0) is 24.6. The van der Waals surface area contributed by atoms with E-state index in [-0.39, 0.29) is 30.2 Å². The first-order valence-electron chi connectivity index (χ1n) is 11.2. The van der Waals surface area contributed by atoms with Crippen LogP contribution in [-0.2, 0) is 20.8 Å². The predicted molar refractivity (Wildman–Crippen MR) is 121 cm³/mol. The summed E-state index contributed by atoms with van der Waals surface area (Å²) in [5, 5.41) is 33.2. The average Bonchev–Trinajstić information content (AvgIpc) is 3.28. The molecule has 4 atom stereocenters. The number of carboxylic acids is 1. The molecule has 9 heteroatoms. The number of methoxy groups -OCH3 is 1. The van der Waals surface area contributed by atoms with Gasteiger partial charge >= 0.3 is 5.97 Å². The minimum absolute atomic E-state index is 0.0392. The lowest BCUT2D eigenvalue weighted by molar-refractivity contribution is -0.151. The lowest BCUT2D eigenvalue weighted by Gasteiger charge is -2.31. The number of carboxylic acid groups (broad SMARTS) is 1. The van der Waals surface area contributed by atoms with Crippen molar-refractivity contribution < 1.29 is 34.4 Å². The number of imide groups is 1. The van der Waals surface area contributed by atoms with Gasteiger partial charge in [-0.3, -0.25) is 24.6 Å². The Hall–Kier alpha value is -3.59. The normalized spacial score (nSPS) is 26.1. The van der Waals surface area contributed by atoms with Crippen molar-refractivity contribution in [2.24, 2.45) is 11.8 Å². The highest BCUT2D eigenvalue weighted by Gasteiger charge is 2.68. The van der Waals surface area contributed by atoms with Gasteiger partial charge in [-0.25, -0.2) is 0 Å². The Morgan fingerprint density at radius 2 is 1.82 bits per heavy atom. The van der Waals surface area contributed by atoms with Gasteiger partial charge in [-0.2, -0.15) is 0 Å². The van der Waals surface area contributed by atoms with Crippen LogP contribution < -0.4 is 10.1 Å². The van der Waals surface area contributed by atoms with Gasteiger partial charge in [0, 0.05) is 19.0 Å². The number of phenols is 2. The molecule has 2 amide bonds. The van der Waals surface area contributed by atoms with E-state index < -0.39 is 41.2 Å². The largest absolute Gasteiger partial charge is 0.508 e. The molecule has 0 radical (unpaired) electrons. The van der Waals surface area contributed by atoms with Crippen LogP contribution >= 0.6 is 0 Å². The molecule has 9 nitrogen and oxygen atoms in total. The number of likely N-dealkylation sites (tertiary alicyclic amines) is 1. The van der Waals surface area contributed by atoms with Crippen molar-refractivity contribution in [1.82, 2.24) is 10.2 Å². The number of hydrogen-bond donors (Lipinski definition) is 4. The van der Waals surface area contributed by atoms with E-state index in [2.05, 4.69) is 5.32 Å². The molecule has 0 spiro atoms. The monoisotopic (exact) mass is 468 g/mol. The molecule has 180 valence electrons. The lowest BCUT2D eigenvalue weighted by Crippen LogP contribution is -2.57. The third kappa shape index (κ3) is 3.75. The fourth-order valence-electron chi connectivity index (χ4n) is 5.14. The molecule has 4 N–H and O–H groups in total. The fourth-order valence-corrected chi connectivity index (χ4v) is 5.14. The topological polar surface area (TPSA) is 136 Å². The molecule has 2 aliphatic heterocycles. The van der Waals surface area contributed by atoms with Crippen molar-refractivity contribution >= 4 is 17.8 Å². The summed E-state index contributed by atoms with van der Waals surface area (Å²) in [4.78, 5) is 41.0. The van der Waals surface area contributed by atoms with E-state index in [0.717, 1.165) is 6.42 Å². The second-order valence-corrected chi connectivity index (χ2v) is 8.86. The summed E-state index contributed by atoms with van der Waals surface area (Å²) in [6, 6.07) is 9.89. The molecule has 2 fully saturated rings. The van der Waals surface area contributed by atoms with E-state index in [9.17, 15) is 29.7 Å². The molecule has 2 aromatic rings. The number of amides is 2. The van der Waals surface area contributed by atoms with Crippen molar-refractivity contribution in [3.8, 4) is 17.2 Å². The number of phenolic OH excluding ortho intramolecular Hbond substituents is 2. The van der Waals surface area contributed by atoms with Gasteiger partial charge in [0.1, 0.15) is 11.3 Å². The van der Waals surface area contributed by atoms with Crippen LogP contribution in [-0.4, -0.2) is 57.2 Å². The van der Waals surface area contributed by atoms with Crippen molar-refractivity contribution in [2.75, 3.05) is 13.7 Å². The van der Waals surface area contributed by atoms with Crippen LogP contribution in [0.1, 0.15) is 36.9 Å². The molecule has 2 aliphatic rings. The average molecular weight is 469 g/mol. The number of carbonyl (C=O) groups is 3. The van der Waals surface area contributed by atoms with Crippen LogP contribution in [0.25, 0.3) is 0 Å². The summed E-state index contributed by atoms with van der Waals surface area (Å²) < 4.78 is 5.20. The van der Waals surface area contributed by atoms with E-state index in [1.807, 2.05) is 6.92 Å². The van der Waals surface area contributed by atoms with E-state index in [4.69, 9.17) is 4.74 Å². The van der Waals surface area contributed by atoms with Gasteiger partial charge in [0.15, 0.2) is 11.5 Å². The Kier molecular flexibility index (Phi) is 6.22. The first kappa shape index (κ1) is 23.6. The van der Waals surface area contributed by atoms with Crippen molar-refractivity contribution in [3.05, 3.63) is 53.6 Å². The Morgan fingerprint density at radius 3 is 2.44 bits per heavy atom. The van der Waals surface area contributed by atoms with E-state index in [0.29, 0.717) is 17.5 Å². The number of nitrogens with zero attached hydrogens (tertiary/aromatic N) is 1. The summed E-state index contributed by atoms with van der Waals surface area (Å²) in [6.45, 7) is 2.19. The van der Waals surface area contributed by atoms with Crippen molar-refractivity contribution in [2.45, 2.75) is 37.8 Å². The highest BCUT2D eigenvalue weighted by Crippen LogP contribution is 2.50. The number of aromatic hydroxyl groups is 2. The first-order chi connectivity index (χ1) is 16.2. The third-order valence-corrected chi connectivity index (χ3v) is 6.84. The van der Waals surface area contributed by atoms with Gasteiger partial charge in [0.05, 0.1) is 18.9 Å². The van der Waals surface area contributed by atoms with E-state index >= 15 is 0 Å². The van der Waals surface area contributed by atoms with Crippen molar-refractivity contribution in [3.63, 3.8) is 0 Å². The van der Waals surface area contributed by atoms with Gasteiger partial charge in [0.25, 0.3) is 0 Å². The SMILES string of the molecule is CCCCN1C(=O)C2C(c3ccc(O)c(OC)c3)NC(Cc3ccc(O)cc3)(C(=O)O)C2C1=O. The van der Waals surface area contributed by atoms with Crippen LogP contribution in [0.15, 0.2) is 42.5 Å². The van der Waals surface area contributed by atoms with Crippen LogP contribution in [0.2, 0.25) is 0 Å². The summed E-state index contributed by atoms with van der Waals surface area (Å²) in [6.07, 6.45) is 1.34. The number of unbranched alkanes of at least 4 members (excludes halogenated alkanes) is 1. The van der Waals surface area contributed by atoms with Gasteiger partial charge < -0.3 is 20.1 Å². The highest BCUT2D eigenvalue weighted by molar-refractivity contribution is 6.09. The number of fused-ring (bicyclic) bond motifs is 1. The molecule has 4 unspecified atom stereocenters. The van der Waals surface area contributed by atoms with Gasteiger partial charge in [0.2, 0.25) is 11.8 Å². The van der Waals surface area contributed by atoms with Crippen LogP contribution in [0, 0.1) is 11.8 Å². The van der Waals surface area contributed by atoms with Gasteiger partial charge in [-0.05, 0) is 41.8 Å². The Labute approximate surface area is 197 Å². The Balaban J connectivity index is 1.83. The number of nitrogens with one attached hydrogen (secondary N) is 1. The number of benzene rings is 2. The molecule has 0 aromatic heterocycles. The van der Waals surface area contributed by atoms with Crippen LogP contribution in [0.3, 0.4) is 0 Å². The third-order valence-electron chi connectivity index (χ3n) is 6.84. The van der Waals surface area contributed by atoms with Crippen molar-refractivity contribution in [1.29, 1.82) is 0 Å². The molecule has 2 saturated heterocycles. The molecule has 0 saturated carbocycles. The second kappa shape index (κ2) is 8.98. The molecular weight excluding hydrogens is 440 g/mol. The fraction of sp³-hybridized carbons (Fsp3) is 0.400. The maximum absolute atomic E-state index is 13.5. The molecule has 2 aromatic carbocycles. The molecule has 34 heavy (non-hydrogen) atoms. The maximum atomic E-state index is 13.5. The molecule has 4 rings (SSSR count). The second-order valence-electron chi connectivity index (χ2n) is 8.86. The number of carbonyl (C=O) groups excluding carboxylic acids is 2. The Morgan fingerprint density at radius 1 is 1.12 bits per heavy atom. The standard InChI is InChI=1S/C25H28N2O7/c1-3-4-11-27-22(30)19-20(23(27)31)25(24(32)33,13-14-5-8-16(28)9-6-14)26-21(19)15-7-10-17(29)18(12-15)34-2/h5-10,12,19-21,26,28-29H,3-4,11,13H2,1-2H3,(H,32,33). The number of ether oxygens (including phenoxy) is 1. The summed E-state index contributed by atoms with van der Waals surface area (Å²) in [5.74, 6) is -4.04. The first-order valence-corrected chi connectivity index (χ1v) is 11.2. The minimum atomic E-state index is -1.74. The Bertz CT molecular complexity index is 1120. The molecular formula is C25H28N2O7. The summed E-state index contributed by atoms with van der Waals surface area (Å²) in [7, 11) is 1.40. The number of hydrogen-bond acceptors (Lipinski definition) is 7. The predicted octanol–water partition coefficient (Wildman–Crippen LogP) is 2.22. The van der Waals surface area contributed by atoms with E-state index in [1.165, 1.54) is 30.2 Å². The molecule has 2 heterocycles. The summed E-state index contributed by atoms with van der Waals surface area (Å²) in [5.41, 5.74) is -0.606. The van der Waals surface area contributed by atoms with Gasteiger partial charge in [-0.1, -0.05) is 31.5 Å². The smallest absolute Gasteiger partial charge is 0.325 e. The molecule has 0 aliphatic carbocycles. The maximum Gasteiger partial charge on any atom is 0.325 e. The van der Waals surface area contributed by atoms with Gasteiger partial charge in [-0.15, -0.1) is 0 Å². The zero-order valence-corrected chi connectivity index (χ0v) is 19.0. The highest BCUT2D eigenvalue weighted by atomic mass is 16.5. The number of aliphatic carboxylic acids is 1. The van der Waals surface area contributed by atoms with Crippen LogP contribution in [0.5, 0.6) is 17.2 Å². The lowest BCUT2D eigenvalue weighted by atomic mass is 9.76. The van der Waals surface area contributed by atoms with Crippen LogP contribution in [0.4, 0.5) is 0 Å². The quantitative estimate of drug-likeness (QED) is 0.433. The minimum Gasteiger partial charge on any atom is -0.508 e. The number of rotatable bonds is 8. The van der Waals surface area contributed by atoms with E-state index in [1.54, 1.807) is 24.3 Å². The zero-order valence-electron chi connectivity index (χ0n) is 19.0.